The molecule has 1 saturated carbocycles. The number of halogens is 5. The molecule has 0 aromatic heterocycles. The lowest BCUT2D eigenvalue weighted by Crippen LogP contribution is -2.32. The third-order valence-corrected chi connectivity index (χ3v) is 4.01. The van der Waals surface area contributed by atoms with Crippen molar-refractivity contribution in [2.24, 2.45) is 11.8 Å². The van der Waals surface area contributed by atoms with E-state index in [2.05, 4.69) is 0 Å². The number of ketones is 1. The Kier molecular flexibility index (Phi) is 4.64. The van der Waals surface area contributed by atoms with Gasteiger partial charge in [0, 0.05) is 17.9 Å². The molecule has 116 valence electrons. The van der Waals surface area contributed by atoms with Gasteiger partial charge in [-0.25, -0.2) is 8.78 Å². The number of Topliss-reactive ketones (excluding diaryl/α,β-unsaturated/α-hetero) is 1. The van der Waals surface area contributed by atoms with Crippen molar-refractivity contribution < 1.29 is 26.7 Å². The van der Waals surface area contributed by atoms with Crippen molar-refractivity contribution in [3.63, 3.8) is 0 Å². The van der Waals surface area contributed by atoms with Gasteiger partial charge in [-0.3, -0.25) is 4.79 Å². The van der Waals surface area contributed by atoms with E-state index in [1.807, 2.05) is 0 Å². The first-order valence-corrected chi connectivity index (χ1v) is 6.81. The molecule has 6 heteroatoms. The minimum Gasteiger partial charge on any atom is -0.299 e. The lowest BCUT2D eigenvalue weighted by atomic mass is 9.78. The Morgan fingerprint density at radius 3 is 2.33 bits per heavy atom. The molecule has 2 rings (SSSR count). The van der Waals surface area contributed by atoms with E-state index in [4.69, 9.17) is 0 Å². The summed E-state index contributed by atoms with van der Waals surface area (Å²) in [6.07, 6.45) is -4.42. The van der Waals surface area contributed by atoms with Gasteiger partial charge in [-0.05, 0) is 31.4 Å². The Morgan fingerprint density at radius 1 is 1.14 bits per heavy atom. The fourth-order valence-electron chi connectivity index (χ4n) is 2.80. The summed E-state index contributed by atoms with van der Waals surface area (Å²) in [7, 11) is 0. The molecule has 2 atom stereocenters. The van der Waals surface area contributed by atoms with Crippen molar-refractivity contribution in [2.75, 3.05) is 0 Å². The third-order valence-electron chi connectivity index (χ3n) is 4.01. The molecule has 0 N–H and O–H groups in total. The summed E-state index contributed by atoms with van der Waals surface area (Å²) < 4.78 is 65.0. The molecule has 1 aliphatic carbocycles. The Morgan fingerprint density at radius 2 is 1.76 bits per heavy atom. The highest BCUT2D eigenvalue weighted by atomic mass is 19.4. The first-order chi connectivity index (χ1) is 9.79. The standard InChI is InChI=1S/C15H15F5O/c16-12-5-2-6-13(17)11(12)8-14(21)9-3-1-4-10(7-9)15(18,19)20/h2,5-6,9-10H,1,3-4,7-8H2. The van der Waals surface area contributed by atoms with Gasteiger partial charge in [0.2, 0.25) is 0 Å². The van der Waals surface area contributed by atoms with E-state index in [0.29, 0.717) is 12.8 Å². The Hall–Kier alpha value is -1.46. The molecular formula is C15H15F5O. The first kappa shape index (κ1) is 15.9. The normalized spacial score (nSPS) is 23.1. The molecule has 1 aliphatic rings. The van der Waals surface area contributed by atoms with Gasteiger partial charge in [-0.15, -0.1) is 0 Å². The number of carbonyl (C=O) groups is 1. The van der Waals surface area contributed by atoms with Gasteiger partial charge in [0.15, 0.2) is 0 Å². The van der Waals surface area contributed by atoms with Gasteiger partial charge in [-0.1, -0.05) is 12.5 Å². The third kappa shape index (κ3) is 3.80. The van der Waals surface area contributed by atoms with E-state index in [1.165, 1.54) is 6.07 Å². The summed E-state index contributed by atoms with van der Waals surface area (Å²) in [4.78, 5) is 12.0. The van der Waals surface area contributed by atoms with Crippen molar-refractivity contribution in [2.45, 2.75) is 38.3 Å². The van der Waals surface area contributed by atoms with E-state index in [1.54, 1.807) is 0 Å². The molecule has 1 nitrogen and oxygen atoms in total. The number of rotatable bonds is 3. The number of benzene rings is 1. The molecule has 2 unspecified atom stereocenters. The summed E-state index contributed by atoms with van der Waals surface area (Å²) >= 11 is 0. The molecule has 1 fully saturated rings. The van der Waals surface area contributed by atoms with Gasteiger partial charge in [0.25, 0.3) is 0 Å². The number of hydrogen-bond acceptors (Lipinski definition) is 1. The Labute approximate surface area is 119 Å². The van der Waals surface area contributed by atoms with Crippen LogP contribution in [0.5, 0.6) is 0 Å². The lowest BCUT2D eigenvalue weighted by Gasteiger charge is -2.29. The zero-order valence-electron chi connectivity index (χ0n) is 11.2. The Bertz CT molecular complexity index is 503. The van der Waals surface area contributed by atoms with Crippen LogP contribution in [0, 0.1) is 23.5 Å². The van der Waals surface area contributed by atoms with E-state index >= 15 is 0 Å². The van der Waals surface area contributed by atoms with Crippen LogP contribution in [0.3, 0.4) is 0 Å². The molecule has 0 radical (unpaired) electrons. The number of hydrogen-bond donors (Lipinski definition) is 0. The van der Waals surface area contributed by atoms with Crippen molar-refractivity contribution in [1.82, 2.24) is 0 Å². The van der Waals surface area contributed by atoms with Crippen LogP contribution < -0.4 is 0 Å². The maximum atomic E-state index is 13.5. The monoisotopic (exact) mass is 306 g/mol. The molecule has 0 spiro atoms. The second kappa shape index (κ2) is 6.12. The van der Waals surface area contributed by atoms with Crippen LogP contribution in [0.2, 0.25) is 0 Å². The molecule has 0 heterocycles. The highest BCUT2D eigenvalue weighted by Crippen LogP contribution is 2.40. The first-order valence-electron chi connectivity index (χ1n) is 6.81. The van der Waals surface area contributed by atoms with Gasteiger partial charge < -0.3 is 0 Å². The summed E-state index contributed by atoms with van der Waals surface area (Å²) in [6.45, 7) is 0. The SMILES string of the molecule is O=C(Cc1c(F)cccc1F)C1CCCC(C(F)(F)F)C1. The summed E-state index contributed by atoms with van der Waals surface area (Å²) in [5.74, 6) is -4.47. The van der Waals surface area contributed by atoms with Crippen LogP contribution in [-0.2, 0) is 11.2 Å². The van der Waals surface area contributed by atoms with Crippen LogP contribution in [0.4, 0.5) is 22.0 Å². The highest BCUT2D eigenvalue weighted by Gasteiger charge is 2.43. The van der Waals surface area contributed by atoms with E-state index in [0.717, 1.165) is 12.1 Å². The van der Waals surface area contributed by atoms with Gasteiger partial charge in [0.1, 0.15) is 17.4 Å². The summed E-state index contributed by atoms with van der Waals surface area (Å²) in [5.41, 5.74) is -0.364. The van der Waals surface area contributed by atoms with Crippen molar-refractivity contribution >= 4 is 5.78 Å². The molecule has 0 aliphatic heterocycles. The fourth-order valence-corrected chi connectivity index (χ4v) is 2.80. The minimum absolute atomic E-state index is 0.0152. The predicted octanol–water partition coefficient (Wildman–Crippen LogP) is 4.45. The average Bonchev–Trinajstić information content (AvgIpc) is 2.42. The second-order valence-corrected chi connectivity index (χ2v) is 5.45. The quantitative estimate of drug-likeness (QED) is 0.754. The minimum atomic E-state index is -4.32. The van der Waals surface area contributed by atoms with Gasteiger partial charge in [0.05, 0.1) is 5.92 Å². The van der Waals surface area contributed by atoms with Crippen molar-refractivity contribution in [3.8, 4) is 0 Å². The van der Waals surface area contributed by atoms with Crippen LogP contribution in [0.1, 0.15) is 31.2 Å². The van der Waals surface area contributed by atoms with Crippen LogP contribution in [0.15, 0.2) is 18.2 Å². The van der Waals surface area contributed by atoms with E-state index in [9.17, 15) is 26.7 Å². The fraction of sp³-hybridized carbons (Fsp3) is 0.533. The molecule has 0 amide bonds. The summed E-state index contributed by atoms with van der Waals surface area (Å²) in [5, 5.41) is 0. The van der Waals surface area contributed by atoms with Crippen molar-refractivity contribution in [1.29, 1.82) is 0 Å². The molecule has 0 saturated heterocycles. The van der Waals surface area contributed by atoms with Gasteiger partial charge in [-0.2, -0.15) is 13.2 Å². The molecule has 1 aromatic rings. The molecule has 0 bridgehead atoms. The molecular weight excluding hydrogens is 291 g/mol. The zero-order valence-corrected chi connectivity index (χ0v) is 11.2. The smallest absolute Gasteiger partial charge is 0.299 e. The van der Waals surface area contributed by atoms with E-state index in [-0.39, 0.29) is 18.4 Å². The number of alkyl halides is 3. The van der Waals surface area contributed by atoms with Crippen LogP contribution in [0.25, 0.3) is 0 Å². The van der Waals surface area contributed by atoms with Crippen molar-refractivity contribution in [3.05, 3.63) is 35.4 Å². The van der Waals surface area contributed by atoms with E-state index < -0.39 is 41.9 Å². The maximum Gasteiger partial charge on any atom is 0.391 e. The van der Waals surface area contributed by atoms with Gasteiger partial charge >= 0.3 is 6.18 Å². The summed E-state index contributed by atoms with van der Waals surface area (Å²) in [6, 6.07) is 3.25. The largest absolute Gasteiger partial charge is 0.391 e. The maximum absolute atomic E-state index is 13.5. The average molecular weight is 306 g/mol. The molecule has 1 aromatic carbocycles. The lowest BCUT2D eigenvalue weighted by molar-refractivity contribution is -0.186. The molecule has 21 heavy (non-hydrogen) atoms. The zero-order chi connectivity index (χ0) is 15.6. The highest BCUT2D eigenvalue weighted by molar-refractivity contribution is 5.83. The predicted molar refractivity (Wildman–Crippen MR) is 66.6 cm³/mol. The van der Waals surface area contributed by atoms with Crippen LogP contribution in [-0.4, -0.2) is 12.0 Å². The second-order valence-electron chi connectivity index (χ2n) is 5.45. The Balaban J connectivity index is 2.07. The topological polar surface area (TPSA) is 17.1 Å². The van der Waals surface area contributed by atoms with Crippen LogP contribution >= 0.6 is 0 Å². The number of carbonyl (C=O) groups excluding carboxylic acids is 1.